The summed E-state index contributed by atoms with van der Waals surface area (Å²) in [7, 11) is 0. The van der Waals surface area contributed by atoms with Gasteiger partial charge in [-0.3, -0.25) is 0 Å². The molecule has 10 heteroatoms. The van der Waals surface area contributed by atoms with Gasteiger partial charge >= 0.3 is 6.36 Å². The second-order valence-corrected chi connectivity index (χ2v) is 5.25. The van der Waals surface area contributed by atoms with Gasteiger partial charge in [0.2, 0.25) is 0 Å². The van der Waals surface area contributed by atoms with Crippen LogP contribution in [0.4, 0.5) is 27.6 Å². The van der Waals surface area contributed by atoms with E-state index in [1.54, 1.807) is 24.3 Å². The van der Waals surface area contributed by atoms with E-state index in [0.717, 1.165) is 12.1 Å². The largest absolute Gasteiger partial charge is 0.573 e. The summed E-state index contributed by atoms with van der Waals surface area (Å²) in [4.78, 5) is 4.08. The number of hydrogen-bond donors (Lipinski definition) is 2. The molecular formula is C17H16F5N3O2. The van der Waals surface area contributed by atoms with E-state index in [2.05, 4.69) is 15.0 Å². The number of nitrogens with one attached hydrogen (secondary N) is 1. The normalized spacial score (nSPS) is 12.1. The average molecular weight is 389 g/mol. The molecule has 2 rings (SSSR count). The number of anilines is 1. The Labute approximate surface area is 151 Å². The number of nitrogens with two attached hydrogens (primary N) is 1. The van der Waals surface area contributed by atoms with Gasteiger partial charge in [-0.05, 0) is 42.0 Å². The van der Waals surface area contributed by atoms with Crippen LogP contribution in [0.2, 0.25) is 0 Å². The predicted octanol–water partition coefficient (Wildman–Crippen LogP) is 4.16. The van der Waals surface area contributed by atoms with E-state index in [-0.39, 0.29) is 24.0 Å². The number of aliphatic imine (C=N–C) groups is 1. The first-order chi connectivity index (χ1) is 12.7. The Bertz CT molecular complexity index is 764. The summed E-state index contributed by atoms with van der Waals surface area (Å²) < 4.78 is 69.3. The lowest BCUT2D eigenvalue weighted by Gasteiger charge is -2.10. The SMILES string of the molecule is NC(=NCc1cccc(OCC(F)F)c1)Nc1ccc(OC(F)(F)F)cc1. The zero-order valence-corrected chi connectivity index (χ0v) is 13.8. The van der Waals surface area contributed by atoms with E-state index in [1.165, 1.54) is 12.1 Å². The monoisotopic (exact) mass is 389 g/mol. The third-order valence-electron chi connectivity index (χ3n) is 3.07. The number of nitrogens with zero attached hydrogens (tertiary/aromatic N) is 1. The quantitative estimate of drug-likeness (QED) is 0.424. The number of guanidine groups is 1. The lowest BCUT2D eigenvalue weighted by Crippen LogP contribution is -2.22. The van der Waals surface area contributed by atoms with Gasteiger partial charge in [0, 0.05) is 5.69 Å². The summed E-state index contributed by atoms with van der Waals surface area (Å²) >= 11 is 0. The second-order valence-electron chi connectivity index (χ2n) is 5.25. The molecule has 146 valence electrons. The molecule has 0 atom stereocenters. The molecule has 0 radical (unpaired) electrons. The van der Waals surface area contributed by atoms with Crippen molar-refractivity contribution in [1.82, 2.24) is 0 Å². The fourth-order valence-electron chi connectivity index (χ4n) is 2.00. The third-order valence-corrected chi connectivity index (χ3v) is 3.07. The van der Waals surface area contributed by atoms with Crippen LogP contribution >= 0.6 is 0 Å². The van der Waals surface area contributed by atoms with Gasteiger partial charge < -0.3 is 20.5 Å². The maximum atomic E-state index is 12.2. The van der Waals surface area contributed by atoms with Crippen molar-refractivity contribution in [1.29, 1.82) is 0 Å². The summed E-state index contributed by atoms with van der Waals surface area (Å²) in [5.41, 5.74) is 6.82. The molecule has 0 heterocycles. The van der Waals surface area contributed by atoms with Crippen molar-refractivity contribution in [3.8, 4) is 11.5 Å². The first-order valence-electron chi connectivity index (χ1n) is 7.64. The minimum atomic E-state index is -4.76. The fourth-order valence-corrected chi connectivity index (χ4v) is 2.00. The first kappa shape index (κ1) is 20.3. The third kappa shape index (κ3) is 7.80. The molecule has 3 N–H and O–H groups in total. The molecule has 0 unspecified atom stereocenters. The molecule has 2 aromatic rings. The Morgan fingerprint density at radius 3 is 2.41 bits per heavy atom. The van der Waals surface area contributed by atoms with Crippen LogP contribution in [0.15, 0.2) is 53.5 Å². The standard InChI is InChI=1S/C17H16F5N3O2/c18-15(19)10-26-14-3-1-2-11(8-14)9-24-16(23)25-12-4-6-13(7-5-12)27-17(20,21)22/h1-8,15H,9-10H2,(H3,23,24,25). The molecule has 0 fully saturated rings. The maximum Gasteiger partial charge on any atom is 0.573 e. The molecule has 0 saturated heterocycles. The zero-order valence-electron chi connectivity index (χ0n) is 13.8. The summed E-state index contributed by atoms with van der Waals surface area (Å²) in [6, 6.07) is 11.4. The summed E-state index contributed by atoms with van der Waals surface area (Å²) in [5.74, 6) is -0.0441. The number of benzene rings is 2. The van der Waals surface area contributed by atoms with Crippen LogP contribution in [-0.4, -0.2) is 25.4 Å². The van der Waals surface area contributed by atoms with Gasteiger partial charge in [0.25, 0.3) is 6.43 Å². The van der Waals surface area contributed by atoms with Gasteiger partial charge in [0.05, 0.1) is 6.54 Å². The molecule has 0 aliphatic carbocycles. The molecule has 0 aliphatic rings. The van der Waals surface area contributed by atoms with Crippen molar-refractivity contribution in [3.63, 3.8) is 0 Å². The summed E-state index contributed by atoms with van der Waals surface area (Å²) in [6.07, 6.45) is -7.33. The Morgan fingerprint density at radius 2 is 1.78 bits per heavy atom. The molecule has 5 nitrogen and oxygen atoms in total. The van der Waals surface area contributed by atoms with E-state index in [4.69, 9.17) is 10.5 Å². The number of hydrogen-bond acceptors (Lipinski definition) is 3. The van der Waals surface area contributed by atoms with Crippen molar-refractivity contribution in [2.75, 3.05) is 11.9 Å². The van der Waals surface area contributed by atoms with Crippen LogP contribution in [0.25, 0.3) is 0 Å². The summed E-state index contributed by atoms with van der Waals surface area (Å²) in [5, 5.41) is 2.72. The lowest BCUT2D eigenvalue weighted by molar-refractivity contribution is -0.274. The Kier molecular flexibility index (Phi) is 6.80. The Morgan fingerprint density at radius 1 is 1.07 bits per heavy atom. The fraction of sp³-hybridized carbons (Fsp3) is 0.235. The molecule has 0 amide bonds. The van der Waals surface area contributed by atoms with Crippen molar-refractivity contribution in [2.45, 2.75) is 19.3 Å². The molecule has 2 aromatic carbocycles. The highest BCUT2D eigenvalue weighted by atomic mass is 19.4. The first-order valence-corrected chi connectivity index (χ1v) is 7.64. The van der Waals surface area contributed by atoms with Crippen molar-refractivity contribution in [3.05, 3.63) is 54.1 Å². The van der Waals surface area contributed by atoms with Gasteiger partial charge in [-0.2, -0.15) is 0 Å². The molecule has 27 heavy (non-hydrogen) atoms. The van der Waals surface area contributed by atoms with Crippen LogP contribution in [0.1, 0.15) is 5.56 Å². The maximum absolute atomic E-state index is 12.2. The van der Waals surface area contributed by atoms with Gasteiger partial charge in [0.1, 0.15) is 18.1 Å². The highest BCUT2D eigenvalue weighted by Crippen LogP contribution is 2.24. The molecule has 0 bridgehead atoms. The zero-order chi connectivity index (χ0) is 19.9. The van der Waals surface area contributed by atoms with Crippen LogP contribution in [-0.2, 0) is 6.54 Å². The van der Waals surface area contributed by atoms with E-state index < -0.39 is 19.4 Å². The van der Waals surface area contributed by atoms with E-state index in [1.807, 2.05) is 0 Å². The van der Waals surface area contributed by atoms with Gasteiger partial charge in [-0.1, -0.05) is 12.1 Å². The van der Waals surface area contributed by atoms with Crippen LogP contribution in [0.5, 0.6) is 11.5 Å². The average Bonchev–Trinajstić information content (AvgIpc) is 2.59. The lowest BCUT2D eigenvalue weighted by atomic mass is 10.2. The summed E-state index contributed by atoms with van der Waals surface area (Å²) in [6.45, 7) is -0.551. The molecule has 0 aromatic heterocycles. The number of halogens is 5. The number of ether oxygens (including phenoxy) is 2. The number of alkyl halides is 5. The number of rotatable bonds is 7. The minimum Gasteiger partial charge on any atom is -0.488 e. The van der Waals surface area contributed by atoms with Crippen molar-refractivity contribution in [2.24, 2.45) is 10.7 Å². The highest BCUT2D eigenvalue weighted by molar-refractivity contribution is 5.92. The molecular weight excluding hydrogens is 373 g/mol. The van der Waals surface area contributed by atoms with E-state index >= 15 is 0 Å². The van der Waals surface area contributed by atoms with E-state index in [0.29, 0.717) is 11.3 Å². The molecule has 0 spiro atoms. The second kappa shape index (κ2) is 9.06. The van der Waals surface area contributed by atoms with Gasteiger partial charge in [0.15, 0.2) is 5.96 Å². The van der Waals surface area contributed by atoms with Gasteiger partial charge in [-0.25, -0.2) is 13.8 Å². The molecule has 0 aliphatic heterocycles. The highest BCUT2D eigenvalue weighted by Gasteiger charge is 2.30. The van der Waals surface area contributed by atoms with Gasteiger partial charge in [-0.15, -0.1) is 13.2 Å². The van der Waals surface area contributed by atoms with E-state index in [9.17, 15) is 22.0 Å². The van der Waals surface area contributed by atoms with Crippen LogP contribution < -0.4 is 20.5 Å². The predicted molar refractivity (Wildman–Crippen MR) is 90.0 cm³/mol. The smallest absolute Gasteiger partial charge is 0.488 e. The topological polar surface area (TPSA) is 68.9 Å². The minimum absolute atomic E-state index is 0.0263. The molecule has 0 saturated carbocycles. The van der Waals surface area contributed by atoms with Crippen molar-refractivity contribution < 1.29 is 31.4 Å². The van der Waals surface area contributed by atoms with Crippen molar-refractivity contribution >= 4 is 11.6 Å². The Balaban J connectivity index is 1.91. The Hall–Kier alpha value is -3.04. The van der Waals surface area contributed by atoms with Crippen LogP contribution in [0, 0.1) is 0 Å². The van der Waals surface area contributed by atoms with Crippen LogP contribution in [0.3, 0.4) is 0 Å².